The zero-order chi connectivity index (χ0) is 23.4. The normalized spacial score (nSPS) is 12.6. The first-order valence-electron chi connectivity index (χ1n) is 9.93. The van der Waals surface area contributed by atoms with Gasteiger partial charge in [0.25, 0.3) is 5.89 Å². The van der Waals surface area contributed by atoms with Crippen molar-refractivity contribution < 1.29 is 37.6 Å². The van der Waals surface area contributed by atoms with Crippen molar-refractivity contribution in [2.45, 2.75) is 13.0 Å². The molecule has 0 N–H and O–H groups in total. The number of aromatic nitrogens is 2. The standard InChI is InChI=1S/C22H21ClN2O8/c1-27-15-8-12(9-16(28-2)20(15)29-3)21-25-24-18(33-21)11-32-22(26)13-7-14(23)19-17(10-13)30-5-4-6-31-19/h7-10H,4-6,11H2,1-3H3. The van der Waals surface area contributed by atoms with Crippen molar-refractivity contribution in [2.24, 2.45) is 0 Å². The highest BCUT2D eigenvalue weighted by molar-refractivity contribution is 6.32. The van der Waals surface area contributed by atoms with Crippen molar-refractivity contribution in [3.63, 3.8) is 0 Å². The van der Waals surface area contributed by atoms with Gasteiger partial charge in [-0.05, 0) is 24.3 Å². The summed E-state index contributed by atoms with van der Waals surface area (Å²) in [4.78, 5) is 12.5. The van der Waals surface area contributed by atoms with Gasteiger partial charge < -0.3 is 32.8 Å². The van der Waals surface area contributed by atoms with Crippen LogP contribution in [0.3, 0.4) is 0 Å². The molecule has 0 saturated heterocycles. The molecular weight excluding hydrogens is 456 g/mol. The van der Waals surface area contributed by atoms with E-state index in [1.165, 1.54) is 33.5 Å². The molecule has 0 aliphatic carbocycles. The Morgan fingerprint density at radius 1 is 1.00 bits per heavy atom. The molecular formula is C22H21ClN2O8. The topological polar surface area (TPSA) is 111 Å². The summed E-state index contributed by atoms with van der Waals surface area (Å²) in [6.45, 7) is 0.720. The largest absolute Gasteiger partial charge is 0.493 e. The number of carbonyl (C=O) groups is 1. The zero-order valence-corrected chi connectivity index (χ0v) is 18.9. The molecule has 0 unspecified atom stereocenters. The van der Waals surface area contributed by atoms with Crippen LogP contribution in [-0.2, 0) is 11.3 Å². The third-order valence-electron chi connectivity index (χ3n) is 4.74. The first-order chi connectivity index (χ1) is 16.0. The van der Waals surface area contributed by atoms with Gasteiger partial charge in [-0.1, -0.05) is 11.6 Å². The summed E-state index contributed by atoms with van der Waals surface area (Å²) in [5.41, 5.74) is 0.762. The van der Waals surface area contributed by atoms with E-state index in [1.807, 2.05) is 0 Å². The summed E-state index contributed by atoms with van der Waals surface area (Å²) in [6.07, 6.45) is 0.718. The van der Waals surface area contributed by atoms with Crippen LogP contribution >= 0.6 is 11.6 Å². The van der Waals surface area contributed by atoms with Crippen LogP contribution < -0.4 is 23.7 Å². The molecule has 0 amide bonds. The lowest BCUT2D eigenvalue weighted by molar-refractivity contribution is 0.0438. The molecule has 11 heteroatoms. The second kappa shape index (κ2) is 9.86. The Balaban J connectivity index is 1.48. The van der Waals surface area contributed by atoms with Crippen molar-refractivity contribution >= 4 is 17.6 Å². The van der Waals surface area contributed by atoms with Gasteiger partial charge in [0, 0.05) is 12.0 Å². The number of hydrogen-bond acceptors (Lipinski definition) is 10. The highest BCUT2D eigenvalue weighted by atomic mass is 35.5. The molecule has 10 nitrogen and oxygen atoms in total. The Morgan fingerprint density at radius 2 is 1.73 bits per heavy atom. The number of carbonyl (C=O) groups excluding carboxylic acids is 1. The smallest absolute Gasteiger partial charge is 0.338 e. The number of fused-ring (bicyclic) bond motifs is 1. The third kappa shape index (κ3) is 4.75. The fourth-order valence-electron chi connectivity index (χ4n) is 3.19. The second-order valence-electron chi connectivity index (χ2n) is 6.83. The van der Waals surface area contributed by atoms with Crippen LogP contribution in [0.25, 0.3) is 11.5 Å². The second-order valence-corrected chi connectivity index (χ2v) is 7.23. The van der Waals surface area contributed by atoms with E-state index < -0.39 is 5.97 Å². The molecule has 174 valence electrons. The highest BCUT2D eigenvalue weighted by Gasteiger charge is 2.21. The lowest BCUT2D eigenvalue weighted by Crippen LogP contribution is -2.06. The van der Waals surface area contributed by atoms with Crippen LogP contribution in [0, 0.1) is 0 Å². The zero-order valence-electron chi connectivity index (χ0n) is 18.2. The number of halogens is 1. The van der Waals surface area contributed by atoms with Gasteiger partial charge in [-0.2, -0.15) is 0 Å². The van der Waals surface area contributed by atoms with E-state index in [9.17, 15) is 4.79 Å². The van der Waals surface area contributed by atoms with Crippen LogP contribution in [0.15, 0.2) is 28.7 Å². The highest BCUT2D eigenvalue weighted by Crippen LogP contribution is 2.41. The molecule has 1 aromatic heterocycles. The molecule has 0 atom stereocenters. The van der Waals surface area contributed by atoms with Crippen molar-refractivity contribution in [3.05, 3.63) is 40.7 Å². The van der Waals surface area contributed by atoms with E-state index in [0.717, 1.165) is 6.42 Å². The van der Waals surface area contributed by atoms with Crippen molar-refractivity contribution in [1.29, 1.82) is 0 Å². The summed E-state index contributed by atoms with van der Waals surface area (Å²) < 4.78 is 38.1. The van der Waals surface area contributed by atoms with E-state index in [-0.39, 0.29) is 29.0 Å². The Kier molecular flexibility index (Phi) is 6.74. The Hall–Kier alpha value is -3.66. The minimum Gasteiger partial charge on any atom is -0.493 e. The fraction of sp³-hybridized carbons (Fsp3) is 0.318. The van der Waals surface area contributed by atoms with Gasteiger partial charge in [0.1, 0.15) is 0 Å². The Bertz CT molecular complexity index is 1140. The molecule has 0 spiro atoms. The first-order valence-corrected chi connectivity index (χ1v) is 10.3. The SMILES string of the molecule is COc1cc(-c2nnc(COC(=O)c3cc(Cl)c4c(c3)OCCCO4)o2)cc(OC)c1OC. The fourth-order valence-corrected chi connectivity index (χ4v) is 3.46. The molecule has 0 fully saturated rings. The van der Waals surface area contributed by atoms with Crippen LogP contribution in [0.1, 0.15) is 22.7 Å². The summed E-state index contributed by atoms with van der Waals surface area (Å²) in [7, 11) is 4.52. The maximum Gasteiger partial charge on any atom is 0.338 e. The summed E-state index contributed by atoms with van der Waals surface area (Å²) in [5, 5.41) is 8.21. The lowest BCUT2D eigenvalue weighted by Gasteiger charge is -2.12. The molecule has 1 aliphatic rings. The van der Waals surface area contributed by atoms with Crippen molar-refractivity contribution in [3.8, 4) is 40.2 Å². The molecule has 1 aliphatic heterocycles. The predicted octanol–water partition coefficient (Wildman–Crippen LogP) is 3.93. The van der Waals surface area contributed by atoms with E-state index >= 15 is 0 Å². The van der Waals surface area contributed by atoms with Crippen molar-refractivity contribution in [1.82, 2.24) is 10.2 Å². The minimum atomic E-state index is -0.625. The van der Waals surface area contributed by atoms with Crippen LogP contribution in [0.5, 0.6) is 28.7 Å². The third-order valence-corrected chi connectivity index (χ3v) is 5.02. The van der Waals surface area contributed by atoms with Gasteiger partial charge in [-0.15, -0.1) is 10.2 Å². The number of nitrogens with zero attached hydrogens (tertiary/aromatic N) is 2. The number of ether oxygens (including phenoxy) is 6. The Morgan fingerprint density at radius 3 is 2.42 bits per heavy atom. The number of hydrogen-bond donors (Lipinski definition) is 0. The van der Waals surface area contributed by atoms with Crippen molar-refractivity contribution in [2.75, 3.05) is 34.5 Å². The maximum absolute atomic E-state index is 12.5. The molecule has 2 aromatic carbocycles. The van der Waals surface area contributed by atoms with E-state index in [1.54, 1.807) is 12.1 Å². The molecule has 0 bridgehead atoms. The Labute approximate surface area is 194 Å². The molecule has 0 radical (unpaired) electrons. The summed E-state index contributed by atoms with van der Waals surface area (Å²) in [6, 6.07) is 6.34. The van der Waals surface area contributed by atoms with Crippen LogP contribution in [-0.4, -0.2) is 50.7 Å². The molecule has 3 aromatic rings. The van der Waals surface area contributed by atoms with Crippen LogP contribution in [0.4, 0.5) is 0 Å². The van der Waals surface area contributed by atoms with Gasteiger partial charge in [-0.3, -0.25) is 0 Å². The van der Waals surface area contributed by atoms with Gasteiger partial charge in [0.05, 0.1) is 45.1 Å². The van der Waals surface area contributed by atoms with Crippen LogP contribution in [0.2, 0.25) is 5.02 Å². The van der Waals surface area contributed by atoms with E-state index in [4.69, 9.17) is 44.4 Å². The summed E-state index contributed by atoms with van der Waals surface area (Å²) in [5.74, 6) is 1.79. The minimum absolute atomic E-state index is 0.104. The molecule has 4 rings (SSSR count). The lowest BCUT2D eigenvalue weighted by atomic mass is 10.2. The monoisotopic (exact) mass is 476 g/mol. The van der Waals surface area contributed by atoms with Gasteiger partial charge in [0.15, 0.2) is 29.6 Å². The molecule has 33 heavy (non-hydrogen) atoms. The van der Waals surface area contributed by atoms with Gasteiger partial charge in [0.2, 0.25) is 11.6 Å². The van der Waals surface area contributed by atoms with Gasteiger partial charge >= 0.3 is 5.97 Å². The average molecular weight is 477 g/mol. The molecule has 2 heterocycles. The molecule has 0 saturated carbocycles. The predicted molar refractivity (Wildman–Crippen MR) is 116 cm³/mol. The number of esters is 1. The van der Waals surface area contributed by atoms with E-state index in [0.29, 0.717) is 47.5 Å². The first kappa shape index (κ1) is 22.5. The number of methoxy groups -OCH3 is 3. The summed E-state index contributed by atoms with van der Waals surface area (Å²) >= 11 is 6.24. The average Bonchev–Trinajstić information content (AvgIpc) is 3.18. The maximum atomic E-state index is 12.5. The van der Waals surface area contributed by atoms with Gasteiger partial charge in [-0.25, -0.2) is 4.79 Å². The quantitative estimate of drug-likeness (QED) is 0.465. The number of rotatable bonds is 7. The number of benzene rings is 2. The van der Waals surface area contributed by atoms with E-state index in [2.05, 4.69) is 10.2 Å².